The van der Waals surface area contributed by atoms with E-state index in [1.54, 1.807) is 0 Å². The van der Waals surface area contributed by atoms with Crippen molar-refractivity contribution in [2.24, 2.45) is 0 Å². The number of nitrogens with one attached hydrogen (secondary N) is 1. The van der Waals surface area contributed by atoms with Gasteiger partial charge in [0.1, 0.15) is 11.9 Å². The van der Waals surface area contributed by atoms with Crippen LogP contribution in [0.4, 0.5) is 5.82 Å². The number of hydrogen-bond donors (Lipinski definition) is 1. The summed E-state index contributed by atoms with van der Waals surface area (Å²) in [7, 11) is 0. The van der Waals surface area contributed by atoms with Gasteiger partial charge in [-0.05, 0) is 52.2 Å². The van der Waals surface area contributed by atoms with Gasteiger partial charge in [-0.2, -0.15) is 0 Å². The lowest BCUT2D eigenvalue weighted by atomic mass is 10.0. The zero-order valence-electron chi connectivity index (χ0n) is 12.0. The van der Waals surface area contributed by atoms with Crippen molar-refractivity contribution in [1.29, 1.82) is 0 Å². The van der Waals surface area contributed by atoms with Crippen LogP contribution in [-0.4, -0.2) is 34.4 Å². The molecule has 4 heteroatoms. The fourth-order valence-corrected chi connectivity index (χ4v) is 2.58. The van der Waals surface area contributed by atoms with E-state index in [-0.39, 0.29) is 11.9 Å². The lowest BCUT2D eigenvalue weighted by molar-refractivity contribution is -0.134. The van der Waals surface area contributed by atoms with E-state index in [9.17, 15) is 4.79 Å². The molecule has 2 heterocycles. The predicted octanol–water partition coefficient (Wildman–Crippen LogP) is 2.59. The summed E-state index contributed by atoms with van der Waals surface area (Å²) in [5.41, 5.74) is 0.955. The van der Waals surface area contributed by atoms with Crippen LogP contribution in [0.25, 0.3) is 0 Å². The molecule has 1 aliphatic rings. The molecule has 1 aliphatic heterocycles. The molecule has 1 aromatic rings. The van der Waals surface area contributed by atoms with Crippen LogP contribution in [0.2, 0.25) is 0 Å². The lowest BCUT2D eigenvalue weighted by Crippen LogP contribution is -2.48. The molecular formula is C15H23N3O. The van der Waals surface area contributed by atoms with Crippen molar-refractivity contribution in [2.45, 2.75) is 52.1 Å². The van der Waals surface area contributed by atoms with E-state index in [4.69, 9.17) is 0 Å². The van der Waals surface area contributed by atoms with Crippen molar-refractivity contribution in [3.8, 4) is 0 Å². The van der Waals surface area contributed by atoms with Crippen molar-refractivity contribution in [2.75, 3.05) is 11.9 Å². The number of likely N-dealkylation sites (tertiary alicyclic amines) is 1. The van der Waals surface area contributed by atoms with Crippen LogP contribution in [0, 0.1) is 6.92 Å². The molecule has 1 saturated heterocycles. The molecule has 0 radical (unpaired) electrons. The predicted molar refractivity (Wildman–Crippen MR) is 77.1 cm³/mol. The first-order valence-electron chi connectivity index (χ1n) is 7.08. The summed E-state index contributed by atoms with van der Waals surface area (Å²) in [5.74, 6) is 0.945. The molecule has 19 heavy (non-hydrogen) atoms. The molecule has 1 amide bonds. The molecule has 2 rings (SSSR count). The molecule has 0 unspecified atom stereocenters. The van der Waals surface area contributed by atoms with Crippen molar-refractivity contribution in [1.82, 2.24) is 9.88 Å². The molecule has 1 aromatic heterocycles. The van der Waals surface area contributed by atoms with Crippen LogP contribution in [0.15, 0.2) is 18.2 Å². The Kier molecular flexibility index (Phi) is 4.40. The first kappa shape index (κ1) is 13.8. The van der Waals surface area contributed by atoms with E-state index >= 15 is 0 Å². The smallest absolute Gasteiger partial charge is 0.245 e. The zero-order chi connectivity index (χ0) is 13.8. The Bertz CT molecular complexity index is 447. The standard InChI is InChI=1S/C15H23N3O/c1-11-7-6-9-14(16-11)17-13(3)15(19)18-10-5-4-8-12(18)2/h6-7,9,12-13H,4-5,8,10H2,1-3H3,(H,16,17)/t12-,13-/m1/s1. The van der Waals surface area contributed by atoms with Crippen LogP contribution in [-0.2, 0) is 4.79 Å². The maximum atomic E-state index is 12.4. The number of hydrogen-bond acceptors (Lipinski definition) is 3. The van der Waals surface area contributed by atoms with E-state index in [2.05, 4.69) is 17.2 Å². The summed E-state index contributed by atoms with van der Waals surface area (Å²) in [5, 5.41) is 3.20. The molecule has 1 fully saturated rings. The van der Waals surface area contributed by atoms with Crippen LogP contribution in [0.3, 0.4) is 0 Å². The van der Waals surface area contributed by atoms with Crippen molar-refractivity contribution >= 4 is 11.7 Å². The van der Waals surface area contributed by atoms with E-state index in [0.717, 1.165) is 30.9 Å². The van der Waals surface area contributed by atoms with Crippen molar-refractivity contribution in [3.05, 3.63) is 23.9 Å². The first-order chi connectivity index (χ1) is 9.08. The average molecular weight is 261 g/mol. The molecule has 0 bridgehead atoms. The summed E-state index contributed by atoms with van der Waals surface area (Å²) in [4.78, 5) is 18.8. The molecule has 1 N–H and O–H groups in total. The number of pyridine rings is 1. The minimum Gasteiger partial charge on any atom is -0.359 e. The number of aromatic nitrogens is 1. The van der Waals surface area contributed by atoms with Gasteiger partial charge in [0.05, 0.1) is 0 Å². The van der Waals surface area contributed by atoms with Crippen molar-refractivity contribution in [3.63, 3.8) is 0 Å². The van der Waals surface area contributed by atoms with E-state index in [1.165, 1.54) is 6.42 Å². The maximum Gasteiger partial charge on any atom is 0.245 e. The van der Waals surface area contributed by atoms with E-state index in [1.807, 2.05) is 36.9 Å². The van der Waals surface area contributed by atoms with E-state index in [0.29, 0.717) is 6.04 Å². The highest BCUT2D eigenvalue weighted by Gasteiger charge is 2.26. The normalized spacial score (nSPS) is 21.0. The van der Waals surface area contributed by atoms with Gasteiger partial charge in [-0.1, -0.05) is 6.07 Å². The Labute approximate surface area is 115 Å². The number of piperidine rings is 1. The molecule has 0 aromatic carbocycles. The second-order valence-electron chi connectivity index (χ2n) is 5.41. The molecule has 104 valence electrons. The lowest BCUT2D eigenvalue weighted by Gasteiger charge is -2.35. The van der Waals surface area contributed by atoms with Gasteiger partial charge in [0, 0.05) is 18.3 Å². The van der Waals surface area contributed by atoms with Gasteiger partial charge in [-0.15, -0.1) is 0 Å². The van der Waals surface area contributed by atoms with Gasteiger partial charge in [0.15, 0.2) is 0 Å². The van der Waals surface area contributed by atoms with E-state index < -0.39 is 0 Å². The summed E-state index contributed by atoms with van der Waals surface area (Å²) in [6.07, 6.45) is 3.46. The number of amides is 1. The second-order valence-corrected chi connectivity index (χ2v) is 5.41. The van der Waals surface area contributed by atoms with Crippen molar-refractivity contribution < 1.29 is 4.79 Å². The van der Waals surface area contributed by atoms with Gasteiger partial charge in [0.2, 0.25) is 5.91 Å². The number of rotatable bonds is 3. The van der Waals surface area contributed by atoms with Gasteiger partial charge in [-0.3, -0.25) is 4.79 Å². The maximum absolute atomic E-state index is 12.4. The Balaban J connectivity index is 1.99. The number of nitrogens with zero attached hydrogens (tertiary/aromatic N) is 2. The molecule has 0 saturated carbocycles. The summed E-state index contributed by atoms with van der Waals surface area (Å²) in [6.45, 7) is 6.88. The van der Waals surface area contributed by atoms with Crippen LogP contribution in [0.1, 0.15) is 38.8 Å². The Hall–Kier alpha value is -1.58. The Morgan fingerprint density at radius 1 is 1.47 bits per heavy atom. The second kappa shape index (κ2) is 6.04. The molecule has 0 spiro atoms. The fourth-order valence-electron chi connectivity index (χ4n) is 2.58. The highest BCUT2D eigenvalue weighted by atomic mass is 16.2. The van der Waals surface area contributed by atoms with Gasteiger partial charge in [0.25, 0.3) is 0 Å². The van der Waals surface area contributed by atoms with Gasteiger partial charge < -0.3 is 10.2 Å². The third-order valence-electron chi connectivity index (χ3n) is 3.71. The third kappa shape index (κ3) is 3.46. The van der Waals surface area contributed by atoms with Crippen LogP contribution < -0.4 is 5.32 Å². The largest absolute Gasteiger partial charge is 0.359 e. The highest BCUT2D eigenvalue weighted by molar-refractivity contribution is 5.84. The molecule has 0 aliphatic carbocycles. The first-order valence-corrected chi connectivity index (χ1v) is 7.08. The quantitative estimate of drug-likeness (QED) is 0.909. The number of carbonyl (C=O) groups is 1. The van der Waals surface area contributed by atoms with Crippen LogP contribution in [0.5, 0.6) is 0 Å². The highest BCUT2D eigenvalue weighted by Crippen LogP contribution is 2.18. The minimum atomic E-state index is -0.227. The number of aryl methyl sites for hydroxylation is 1. The van der Waals surface area contributed by atoms with Gasteiger partial charge >= 0.3 is 0 Å². The fraction of sp³-hybridized carbons (Fsp3) is 0.600. The number of carbonyl (C=O) groups excluding carboxylic acids is 1. The summed E-state index contributed by atoms with van der Waals surface area (Å²) >= 11 is 0. The Morgan fingerprint density at radius 3 is 2.95 bits per heavy atom. The molecular weight excluding hydrogens is 238 g/mol. The van der Waals surface area contributed by atoms with Crippen LogP contribution >= 0.6 is 0 Å². The monoisotopic (exact) mass is 261 g/mol. The third-order valence-corrected chi connectivity index (χ3v) is 3.71. The molecule has 2 atom stereocenters. The SMILES string of the molecule is Cc1cccc(N[C@H](C)C(=O)N2CCCC[C@H]2C)n1. The summed E-state index contributed by atoms with van der Waals surface area (Å²) < 4.78 is 0. The summed E-state index contributed by atoms with van der Waals surface area (Å²) in [6, 6.07) is 5.93. The molecule has 4 nitrogen and oxygen atoms in total. The minimum absolute atomic E-state index is 0.176. The zero-order valence-corrected chi connectivity index (χ0v) is 12.0. The average Bonchev–Trinajstić information content (AvgIpc) is 2.38. The van der Waals surface area contributed by atoms with Gasteiger partial charge in [-0.25, -0.2) is 4.98 Å². The Morgan fingerprint density at radius 2 is 2.26 bits per heavy atom. The topological polar surface area (TPSA) is 45.2 Å². The number of anilines is 1.